The molecule has 5 rings (SSSR count). The molecule has 0 aliphatic rings. The van der Waals surface area contributed by atoms with Crippen molar-refractivity contribution in [3.05, 3.63) is 65.5 Å². The molecule has 0 fully saturated rings. The number of hydrogen-bond acceptors (Lipinski definition) is 22. The Bertz CT molecular complexity index is 3660. The van der Waals surface area contributed by atoms with Crippen molar-refractivity contribution in [2.75, 3.05) is 23.4 Å². The number of rotatable bonds is 15. The van der Waals surface area contributed by atoms with Crippen LogP contribution >= 0.6 is 11.6 Å². The molecule has 5 aromatic rings. The molecule has 37 heteroatoms. The highest BCUT2D eigenvalue weighted by molar-refractivity contribution is 7.88. The largest absolute Gasteiger partial charge is 0.481 e. The minimum atomic E-state index is -5.28. The van der Waals surface area contributed by atoms with E-state index >= 15 is 0 Å². The molecular weight excluding hydrogens is 1020 g/mol. The minimum Gasteiger partial charge on any atom is -0.481 e. The Kier molecular flexibility index (Phi) is 13.9. The number of benzene rings is 4. The molecule has 0 atom stereocenters. The number of aromatic nitrogens is 3. The smallest absolute Gasteiger partial charge is 0.299 e. The molecule has 30 nitrogen and oxygen atoms in total. The summed E-state index contributed by atoms with van der Waals surface area (Å²) in [6.45, 7) is -1.16. The number of anilines is 2. The second-order valence-electron chi connectivity index (χ2n) is 12.2. The Labute approximate surface area is 369 Å². The number of halogens is 1. The van der Waals surface area contributed by atoms with Gasteiger partial charge in [-0.15, -0.1) is 20.5 Å². The van der Waals surface area contributed by atoms with E-state index < -0.39 is 148 Å². The number of aliphatic hydroxyl groups is 1. The molecule has 0 saturated carbocycles. The maximum absolute atomic E-state index is 12.9. The number of fused-ring (bicyclic) bond motifs is 1. The van der Waals surface area contributed by atoms with Crippen LogP contribution in [0.2, 0.25) is 5.28 Å². The van der Waals surface area contributed by atoms with Crippen molar-refractivity contribution in [2.45, 2.75) is 24.5 Å². The van der Waals surface area contributed by atoms with Gasteiger partial charge in [0.05, 0.1) is 28.6 Å². The second-order valence-corrected chi connectivity index (χ2v) is 21.3. The molecule has 0 aliphatic heterocycles. The highest BCUT2D eigenvalue weighted by atomic mass is 35.5. The first-order valence-electron chi connectivity index (χ1n) is 16.2. The number of aromatic amines is 1. The number of nitrogens with zero attached hydrogens (tertiary/aromatic N) is 7. The topological polar surface area (TPSA) is 501 Å². The van der Waals surface area contributed by atoms with Gasteiger partial charge < -0.3 is 16.2 Å². The number of amidine groups is 1. The molecule has 4 aromatic carbocycles. The molecular formula is C28H24ClN11O19S6. The number of azo groups is 2. The Morgan fingerprint density at radius 1 is 0.708 bits per heavy atom. The molecule has 0 bridgehead atoms. The summed E-state index contributed by atoms with van der Waals surface area (Å²) in [6.07, 6.45) is 0. The Hall–Kier alpha value is -6.03. The van der Waals surface area contributed by atoms with Crippen LogP contribution in [0.1, 0.15) is 0 Å². The summed E-state index contributed by atoms with van der Waals surface area (Å²) in [4.78, 5) is 8.57. The highest BCUT2D eigenvalue weighted by Gasteiger charge is 2.28. The lowest BCUT2D eigenvalue weighted by Crippen LogP contribution is -2.16. The molecule has 1 aromatic heterocycles. The van der Waals surface area contributed by atoms with Gasteiger partial charge in [-0.3, -0.25) is 37.3 Å². The first-order valence-corrected chi connectivity index (χ1v) is 25.4. The van der Waals surface area contributed by atoms with Crippen molar-refractivity contribution >= 4 is 129 Å². The zero-order valence-electron chi connectivity index (χ0n) is 31.1. The van der Waals surface area contributed by atoms with Gasteiger partial charge in [0.2, 0.25) is 10.9 Å². The van der Waals surface area contributed by atoms with Crippen LogP contribution in [-0.4, -0.2) is 112 Å². The zero-order chi connectivity index (χ0) is 48.7. The van der Waals surface area contributed by atoms with Crippen molar-refractivity contribution in [1.29, 1.82) is 5.41 Å². The lowest BCUT2D eigenvalue weighted by Gasteiger charge is -2.11. The van der Waals surface area contributed by atoms with Gasteiger partial charge in [-0.25, -0.2) is 4.99 Å². The van der Waals surface area contributed by atoms with Gasteiger partial charge in [0.15, 0.2) is 0 Å². The van der Waals surface area contributed by atoms with E-state index in [0.29, 0.717) is 36.4 Å². The van der Waals surface area contributed by atoms with Gasteiger partial charge in [0.1, 0.15) is 42.4 Å². The van der Waals surface area contributed by atoms with Crippen LogP contribution in [0.3, 0.4) is 0 Å². The Morgan fingerprint density at radius 2 is 1.31 bits per heavy atom. The van der Waals surface area contributed by atoms with E-state index in [1.165, 1.54) is 6.07 Å². The van der Waals surface area contributed by atoms with Crippen molar-refractivity contribution in [3.8, 4) is 0 Å². The fourth-order valence-corrected chi connectivity index (χ4v) is 9.34. The molecule has 0 radical (unpaired) electrons. The first kappa shape index (κ1) is 50.0. The Balaban J connectivity index is 1.58. The SMILES string of the molecule is N=C(O)Nc1cc(N=c2nc(Cl)nc(N=Nc3cc(N)c(S(=O)(=O)O)cc3S(=O)(=O)OCCS(=O)(=O)O)[nH]2)ccc1N=Nc1cc2c(S(=O)(=O)O)cc(S(=O)(=O)O)cc2cc1S(=O)(=O)O. The van der Waals surface area contributed by atoms with Gasteiger partial charge in [0, 0.05) is 5.39 Å². The lowest BCUT2D eigenvalue weighted by atomic mass is 10.1. The Morgan fingerprint density at radius 3 is 1.89 bits per heavy atom. The maximum Gasteiger partial charge on any atom is 0.299 e. The zero-order valence-corrected chi connectivity index (χ0v) is 36.8. The first-order chi connectivity index (χ1) is 29.7. The third-order valence-corrected chi connectivity index (χ3v) is 13.4. The molecule has 0 aliphatic carbocycles. The summed E-state index contributed by atoms with van der Waals surface area (Å²) in [6, 6.07) is 5.29. The predicted molar refractivity (Wildman–Crippen MR) is 219 cm³/mol. The van der Waals surface area contributed by atoms with E-state index in [4.69, 9.17) is 27.3 Å². The van der Waals surface area contributed by atoms with E-state index in [-0.39, 0.29) is 17.1 Å². The van der Waals surface area contributed by atoms with Crippen LogP contribution in [0.4, 0.5) is 40.1 Å². The molecule has 0 saturated heterocycles. The number of nitrogens with one attached hydrogen (secondary N) is 3. The molecule has 65 heavy (non-hydrogen) atoms. The van der Waals surface area contributed by atoms with Gasteiger partial charge in [0.25, 0.3) is 72.7 Å². The van der Waals surface area contributed by atoms with Gasteiger partial charge >= 0.3 is 0 Å². The summed E-state index contributed by atoms with van der Waals surface area (Å²) in [7, 11) is -30.7. The van der Waals surface area contributed by atoms with Gasteiger partial charge in [-0.05, 0) is 71.6 Å². The molecule has 0 spiro atoms. The number of H-pyrrole nitrogens is 1. The van der Waals surface area contributed by atoms with E-state index in [1.54, 1.807) is 0 Å². The van der Waals surface area contributed by atoms with E-state index in [2.05, 4.69) is 49.9 Å². The predicted octanol–water partition coefficient (Wildman–Crippen LogP) is 2.74. The third kappa shape index (κ3) is 12.8. The minimum absolute atomic E-state index is 0.123. The normalized spacial score (nSPS) is 13.5. The van der Waals surface area contributed by atoms with Crippen LogP contribution in [0.5, 0.6) is 0 Å². The second kappa shape index (κ2) is 18.1. The van der Waals surface area contributed by atoms with Crippen molar-refractivity contribution < 1.29 is 82.6 Å². The highest BCUT2D eigenvalue weighted by Crippen LogP contribution is 2.38. The van der Waals surface area contributed by atoms with Crippen molar-refractivity contribution in [3.63, 3.8) is 0 Å². The molecule has 0 amide bonds. The number of nitrogen functional groups attached to an aromatic ring is 1. The molecule has 1 heterocycles. The van der Waals surface area contributed by atoms with Crippen LogP contribution in [0.25, 0.3) is 10.8 Å². The summed E-state index contributed by atoms with van der Waals surface area (Å²) < 4.78 is 197. The average Bonchev–Trinajstić information content (AvgIpc) is 3.13. The maximum atomic E-state index is 12.9. The molecule has 0 unspecified atom stereocenters. The summed E-state index contributed by atoms with van der Waals surface area (Å²) in [5.74, 6) is -1.80. The monoisotopic (exact) mass is 1040 g/mol. The van der Waals surface area contributed by atoms with Crippen LogP contribution < -0.4 is 16.7 Å². The van der Waals surface area contributed by atoms with Crippen LogP contribution in [0, 0.1) is 5.41 Å². The molecule has 348 valence electrons. The van der Waals surface area contributed by atoms with E-state index in [1.807, 2.05) is 0 Å². The van der Waals surface area contributed by atoms with Crippen LogP contribution in [0.15, 0.2) is 105 Å². The van der Waals surface area contributed by atoms with Crippen molar-refractivity contribution in [1.82, 2.24) is 15.0 Å². The fraction of sp³-hybridized carbons (Fsp3) is 0.0714. The standard InChI is InChI=1S/C28H24ClN11O19S6/c29-25-34-27(36-28(35-25)40-39-20-10-16(30)22(63(51,52)53)11-24(20)65(57,58)59-3-4-60(42,43)44)32-13-1-2-17(18(7-13)33-26(31)41)37-38-19-9-15-12(6-23(19)64(54,55)56)5-14(61(45,46)47)8-21(15)62(48,49)50/h1-2,5-11H,3-4,30H2,(H3,31,33,41)(H,42,43,44)(H,45,46,47)(H,48,49,50)(H,51,52,53)(H,54,55,56)(H,32,34,35,36). The van der Waals surface area contributed by atoms with E-state index in [9.17, 15) is 73.8 Å². The molecule has 11 N–H and O–H groups in total. The number of aliphatic hydroxyl groups excluding tert-OH is 1. The van der Waals surface area contributed by atoms with Crippen LogP contribution in [-0.2, 0) is 64.9 Å². The quantitative estimate of drug-likeness (QED) is 0.0180. The van der Waals surface area contributed by atoms with Gasteiger partial charge in [-0.1, -0.05) is 0 Å². The fourth-order valence-electron chi connectivity index (χ4n) is 5.04. The number of hydrogen-bond donors (Lipinski definition) is 10. The van der Waals surface area contributed by atoms with Crippen molar-refractivity contribution in [2.24, 2.45) is 25.4 Å². The number of nitrogens with two attached hydrogens (primary N) is 1. The summed E-state index contributed by atoms with van der Waals surface area (Å²) in [5, 5.41) is 32.6. The van der Waals surface area contributed by atoms with Gasteiger partial charge in [-0.2, -0.15) is 60.5 Å². The van der Waals surface area contributed by atoms with E-state index in [0.717, 1.165) is 12.1 Å². The summed E-state index contributed by atoms with van der Waals surface area (Å²) >= 11 is 6.01. The lowest BCUT2D eigenvalue weighted by molar-refractivity contribution is 0.334. The average molecular weight is 1050 g/mol. The third-order valence-electron chi connectivity index (χ3n) is 7.65. The summed E-state index contributed by atoms with van der Waals surface area (Å²) in [5.41, 5.74) is 2.14.